The molecule has 3 aromatic carbocycles. The summed E-state index contributed by atoms with van der Waals surface area (Å²) in [5.74, 6) is 0.204. The number of rotatable bonds is 24. The first kappa shape index (κ1) is 36.6. The fourth-order valence-electron chi connectivity index (χ4n) is 5.87. The molecule has 3 heteroatoms. The number of benzene rings is 3. The van der Waals surface area contributed by atoms with Crippen LogP contribution >= 0.6 is 0 Å². The Morgan fingerprint density at radius 2 is 1.02 bits per heavy atom. The summed E-state index contributed by atoms with van der Waals surface area (Å²) < 4.78 is 11.6. The molecular weight excluding hydrogens is 552 g/mol. The molecule has 0 fully saturated rings. The third-order valence-electron chi connectivity index (χ3n) is 8.90. The molecule has 0 heterocycles. The van der Waals surface area contributed by atoms with Gasteiger partial charge in [0.05, 0.1) is 11.7 Å². The Morgan fingerprint density at radius 3 is 1.56 bits per heavy atom. The lowest BCUT2D eigenvalue weighted by Crippen LogP contribution is -2.09. The van der Waals surface area contributed by atoms with E-state index in [1.54, 1.807) is 0 Å². The molecule has 45 heavy (non-hydrogen) atoms. The second kappa shape index (κ2) is 22.6. The molecule has 0 N–H and O–H groups in total. The SMILES string of the molecule is CCCCCCCCCCCCCCCc1ccc(-c2ccc(OC(=O)c3ccc(C(C)OCCCCCC)cc3)cc2)cc1. The van der Waals surface area contributed by atoms with Crippen LogP contribution in [0.25, 0.3) is 11.1 Å². The highest BCUT2D eigenvalue weighted by Gasteiger charge is 2.11. The maximum atomic E-state index is 12.7. The molecule has 0 aromatic heterocycles. The zero-order valence-corrected chi connectivity index (χ0v) is 28.7. The van der Waals surface area contributed by atoms with Gasteiger partial charge in [-0.05, 0) is 72.7 Å². The van der Waals surface area contributed by atoms with Gasteiger partial charge in [-0.15, -0.1) is 0 Å². The summed E-state index contributed by atoms with van der Waals surface area (Å²) in [4.78, 5) is 12.7. The van der Waals surface area contributed by atoms with Crippen LogP contribution in [-0.4, -0.2) is 12.6 Å². The van der Waals surface area contributed by atoms with Crippen molar-refractivity contribution in [2.75, 3.05) is 6.61 Å². The van der Waals surface area contributed by atoms with Crippen molar-refractivity contribution in [1.82, 2.24) is 0 Å². The summed E-state index contributed by atoms with van der Waals surface area (Å²) in [6.45, 7) is 7.33. The largest absolute Gasteiger partial charge is 0.423 e. The van der Waals surface area contributed by atoms with Gasteiger partial charge in [0.2, 0.25) is 0 Å². The molecule has 0 aliphatic heterocycles. The monoisotopic (exact) mass is 612 g/mol. The van der Waals surface area contributed by atoms with E-state index in [4.69, 9.17) is 9.47 Å². The first-order valence-corrected chi connectivity index (χ1v) is 18.2. The molecule has 0 radical (unpaired) electrons. The standard InChI is InChI=1S/C42H60O3/c1-4-6-8-10-11-12-13-14-15-16-17-18-19-21-36-22-24-38(25-23-36)39-30-32-41(33-31-39)45-42(43)40-28-26-37(27-29-40)35(3)44-34-20-9-7-5-2/h22-33,35H,4-21,34H2,1-3H3. The first-order valence-electron chi connectivity index (χ1n) is 18.2. The predicted molar refractivity (Wildman–Crippen MR) is 191 cm³/mol. The van der Waals surface area contributed by atoms with Gasteiger partial charge < -0.3 is 9.47 Å². The molecule has 3 rings (SSSR count). The normalized spacial score (nSPS) is 11.9. The molecule has 0 aliphatic carbocycles. The molecule has 0 amide bonds. The molecule has 1 unspecified atom stereocenters. The van der Waals surface area contributed by atoms with Crippen LogP contribution in [0.1, 0.15) is 158 Å². The summed E-state index contributed by atoms with van der Waals surface area (Å²) >= 11 is 0. The van der Waals surface area contributed by atoms with Gasteiger partial charge in [-0.1, -0.05) is 159 Å². The highest BCUT2D eigenvalue weighted by molar-refractivity contribution is 5.91. The van der Waals surface area contributed by atoms with Crippen molar-refractivity contribution in [2.45, 2.75) is 142 Å². The highest BCUT2D eigenvalue weighted by Crippen LogP contribution is 2.25. The lowest BCUT2D eigenvalue weighted by molar-refractivity contribution is 0.0626. The Labute approximate surface area is 275 Å². The van der Waals surface area contributed by atoms with Gasteiger partial charge in [-0.25, -0.2) is 4.79 Å². The molecule has 0 saturated carbocycles. The van der Waals surface area contributed by atoms with Crippen LogP contribution in [0.4, 0.5) is 0 Å². The summed E-state index contributed by atoms with van der Waals surface area (Å²) in [5.41, 5.74) is 5.32. The van der Waals surface area contributed by atoms with Gasteiger partial charge in [0, 0.05) is 6.61 Å². The molecule has 1 atom stereocenters. The number of carbonyl (C=O) groups excluding carboxylic acids is 1. The van der Waals surface area contributed by atoms with E-state index in [0.29, 0.717) is 11.3 Å². The van der Waals surface area contributed by atoms with Crippen LogP contribution in [-0.2, 0) is 11.2 Å². The third kappa shape index (κ3) is 14.8. The average Bonchev–Trinajstić information content (AvgIpc) is 3.07. The Kier molecular flexibility index (Phi) is 18.3. The first-order chi connectivity index (χ1) is 22.1. The minimum absolute atomic E-state index is 0.0116. The Bertz CT molecular complexity index is 1160. The van der Waals surface area contributed by atoms with Crippen LogP contribution in [0.5, 0.6) is 5.75 Å². The molecule has 3 nitrogen and oxygen atoms in total. The quantitative estimate of drug-likeness (QED) is 0.0573. The zero-order chi connectivity index (χ0) is 32.0. The van der Waals surface area contributed by atoms with Crippen LogP contribution < -0.4 is 4.74 Å². The molecular formula is C42H60O3. The van der Waals surface area contributed by atoms with Crippen molar-refractivity contribution >= 4 is 5.97 Å². The molecule has 0 spiro atoms. The van der Waals surface area contributed by atoms with Crippen molar-refractivity contribution in [3.63, 3.8) is 0 Å². The minimum Gasteiger partial charge on any atom is -0.423 e. The minimum atomic E-state index is -0.347. The van der Waals surface area contributed by atoms with Crippen molar-refractivity contribution in [3.05, 3.63) is 89.5 Å². The number of carbonyl (C=O) groups is 1. The van der Waals surface area contributed by atoms with Crippen LogP contribution in [0.2, 0.25) is 0 Å². The maximum Gasteiger partial charge on any atom is 0.343 e. The second-order valence-electron chi connectivity index (χ2n) is 12.8. The van der Waals surface area contributed by atoms with E-state index in [2.05, 4.69) is 45.0 Å². The van der Waals surface area contributed by atoms with Gasteiger partial charge in [0.25, 0.3) is 0 Å². The van der Waals surface area contributed by atoms with Gasteiger partial charge in [0.1, 0.15) is 5.75 Å². The Balaban J connectivity index is 1.31. The molecule has 0 saturated heterocycles. The predicted octanol–water partition coefficient (Wildman–Crippen LogP) is 12.9. The zero-order valence-electron chi connectivity index (χ0n) is 28.7. The number of aryl methyl sites for hydroxylation is 1. The number of unbranched alkanes of at least 4 members (excludes halogenated alkanes) is 15. The summed E-state index contributed by atoms with van der Waals surface area (Å²) in [7, 11) is 0. The van der Waals surface area contributed by atoms with E-state index < -0.39 is 0 Å². The van der Waals surface area contributed by atoms with E-state index in [1.807, 2.05) is 48.5 Å². The van der Waals surface area contributed by atoms with Gasteiger partial charge in [-0.2, -0.15) is 0 Å². The molecule has 0 bridgehead atoms. The molecule has 3 aromatic rings. The maximum absolute atomic E-state index is 12.7. The third-order valence-corrected chi connectivity index (χ3v) is 8.90. The number of hydrogen-bond acceptors (Lipinski definition) is 3. The van der Waals surface area contributed by atoms with Gasteiger partial charge in [-0.3, -0.25) is 0 Å². The second-order valence-corrected chi connectivity index (χ2v) is 12.8. The van der Waals surface area contributed by atoms with Crippen LogP contribution in [0.3, 0.4) is 0 Å². The Hall–Kier alpha value is -2.91. The van der Waals surface area contributed by atoms with Crippen molar-refractivity contribution in [3.8, 4) is 16.9 Å². The summed E-state index contributed by atoms with van der Waals surface area (Å²) in [6, 6.07) is 24.3. The van der Waals surface area contributed by atoms with Crippen LogP contribution in [0.15, 0.2) is 72.8 Å². The molecule has 0 aliphatic rings. The van der Waals surface area contributed by atoms with Crippen molar-refractivity contribution in [1.29, 1.82) is 0 Å². The van der Waals surface area contributed by atoms with E-state index in [-0.39, 0.29) is 12.1 Å². The average molecular weight is 613 g/mol. The fraction of sp³-hybridized carbons (Fsp3) is 0.548. The van der Waals surface area contributed by atoms with Gasteiger partial charge in [0.15, 0.2) is 0 Å². The van der Waals surface area contributed by atoms with Crippen molar-refractivity contribution in [2.24, 2.45) is 0 Å². The number of esters is 1. The highest BCUT2D eigenvalue weighted by atomic mass is 16.5. The van der Waals surface area contributed by atoms with E-state index in [0.717, 1.165) is 30.6 Å². The van der Waals surface area contributed by atoms with Gasteiger partial charge >= 0.3 is 5.97 Å². The summed E-state index contributed by atoms with van der Waals surface area (Å²) in [5, 5.41) is 0. The Morgan fingerprint density at radius 1 is 0.556 bits per heavy atom. The summed E-state index contributed by atoms with van der Waals surface area (Å²) in [6.07, 6.45) is 24.0. The molecule has 246 valence electrons. The van der Waals surface area contributed by atoms with E-state index >= 15 is 0 Å². The number of ether oxygens (including phenoxy) is 2. The van der Waals surface area contributed by atoms with Crippen LogP contribution in [0, 0.1) is 0 Å². The van der Waals surface area contributed by atoms with E-state index in [9.17, 15) is 4.79 Å². The van der Waals surface area contributed by atoms with Crippen molar-refractivity contribution < 1.29 is 14.3 Å². The van der Waals surface area contributed by atoms with E-state index in [1.165, 1.54) is 114 Å². The smallest absolute Gasteiger partial charge is 0.343 e. The fourth-order valence-corrected chi connectivity index (χ4v) is 5.87. The number of hydrogen-bond donors (Lipinski definition) is 0. The lowest BCUT2D eigenvalue weighted by Gasteiger charge is -2.14. The lowest BCUT2D eigenvalue weighted by atomic mass is 10.0. The topological polar surface area (TPSA) is 35.5 Å².